The molecule has 92 valence electrons. The molecular weight excluding hydrogens is 182 g/mol. The van der Waals surface area contributed by atoms with Gasteiger partial charge in [-0.25, -0.2) is 0 Å². The first-order valence-electron chi connectivity index (χ1n) is 6.95. The van der Waals surface area contributed by atoms with E-state index in [9.17, 15) is 0 Å². The quantitative estimate of drug-likeness (QED) is 0.502. The summed E-state index contributed by atoms with van der Waals surface area (Å²) in [6.45, 7) is 5.84. The number of hydrogen-bond acceptors (Lipinski definition) is 1. The van der Waals surface area contributed by atoms with Crippen molar-refractivity contribution in [3.63, 3.8) is 0 Å². The van der Waals surface area contributed by atoms with E-state index in [0.717, 1.165) is 5.92 Å². The monoisotopic (exact) mass is 213 g/mol. The third-order valence-corrected chi connectivity index (χ3v) is 3.19. The van der Waals surface area contributed by atoms with E-state index in [1.807, 2.05) is 7.05 Å². The van der Waals surface area contributed by atoms with Gasteiger partial charge in [0.05, 0.1) is 0 Å². The SMILES string of the molecule is CCCCCCCCCC(C)CCNC. The summed E-state index contributed by atoms with van der Waals surface area (Å²) in [6.07, 6.45) is 12.8. The minimum Gasteiger partial charge on any atom is -0.320 e. The summed E-state index contributed by atoms with van der Waals surface area (Å²) in [7, 11) is 2.04. The van der Waals surface area contributed by atoms with Gasteiger partial charge in [0.15, 0.2) is 0 Å². The van der Waals surface area contributed by atoms with Crippen LogP contribution < -0.4 is 5.32 Å². The van der Waals surface area contributed by atoms with Crippen LogP contribution in [-0.4, -0.2) is 13.6 Å². The van der Waals surface area contributed by atoms with Crippen LogP contribution >= 0.6 is 0 Å². The zero-order chi connectivity index (χ0) is 11.4. The third-order valence-electron chi connectivity index (χ3n) is 3.19. The Balaban J connectivity index is 3.02. The number of nitrogens with one attached hydrogen (secondary N) is 1. The van der Waals surface area contributed by atoms with Crippen LogP contribution in [0.25, 0.3) is 0 Å². The van der Waals surface area contributed by atoms with E-state index in [2.05, 4.69) is 19.2 Å². The van der Waals surface area contributed by atoms with Crippen molar-refractivity contribution in [1.29, 1.82) is 0 Å². The highest BCUT2D eigenvalue weighted by Gasteiger charge is 2.00. The van der Waals surface area contributed by atoms with Crippen LogP contribution in [0.5, 0.6) is 0 Å². The highest BCUT2D eigenvalue weighted by molar-refractivity contribution is 4.55. The molecule has 1 unspecified atom stereocenters. The van der Waals surface area contributed by atoms with Crippen molar-refractivity contribution >= 4 is 0 Å². The van der Waals surface area contributed by atoms with Gasteiger partial charge in [-0.2, -0.15) is 0 Å². The van der Waals surface area contributed by atoms with Gasteiger partial charge < -0.3 is 5.32 Å². The lowest BCUT2D eigenvalue weighted by atomic mass is 9.99. The van der Waals surface area contributed by atoms with E-state index < -0.39 is 0 Å². The molecule has 0 spiro atoms. The molecule has 0 saturated carbocycles. The molecule has 1 N–H and O–H groups in total. The first-order valence-corrected chi connectivity index (χ1v) is 6.95. The smallest absolute Gasteiger partial charge is 0.00494 e. The van der Waals surface area contributed by atoms with Crippen LogP contribution in [0.4, 0.5) is 0 Å². The molecule has 0 aliphatic rings. The van der Waals surface area contributed by atoms with Crippen molar-refractivity contribution in [3.8, 4) is 0 Å². The number of unbranched alkanes of at least 4 members (excludes halogenated alkanes) is 6. The number of hydrogen-bond donors (Lipinski definition) is 1. The van der Waals surface area contributed by atoms with Crippen LogP contribution in [-0.2, 0) is 0 Å². The van der Waals surface area contributed by atoms with Crippen LogP contribution in [0.2, 0.25) is 0 Å². The molecule has 15 heavy (non-hydrogen) atoms. The second kappa shape index (κ2) is 12.0. The summed E-state index contributed by atoms with van der Waals surface area (Å²) in [4.78, 5) is 0. The normalized spacial score (nSPS) is 13.0. The van der Waals surface area contributed by atoms with E-state index in [1.54, 1.807) is 0 Å². The third kappa shape index (κ3) is 11.9. The van der Waals surface area contributed by atoms with E-state index in [-0.39, 0.29) is 0 Å². The van der Waals surface area contributed by atoms with Crippen molar-refractivity contribution in [1.82, 2.24) is 5.32 Å². The molecule has 1 atom stereocenters. The zero-order valence-corrected chi connectivity index (χ0v) is 11.1. The Morgan fingerprint density at radius 3 is 2.07 bits per heavy atom. The van der Waals surface area contributed by atoms with Gasteiger partial charge >= 0.3 is 0 Å². The Hall–Kier alpha value is -0.0400. The van der Waals surface area contributed by atoms with Crippen molar-refractivity contribution in [2.75, 3.05) is 13.6 Å². The maximum atomic E-state index is 3.22. The number of rotatable bonds is 11. The van der Waals surface area contributed by atoms with Crippen LogP contribution in [0.3, 0.4) is 0 Å². The van der Waals surface area contributed by atoms with Gasteiger partial charge in [-0.15, -0.1) is 0 Å². The first kappa shape index (κ1) is 15.0. The summed E-state index contributed by atoms with van der Waals surface area (Å²) in [6, 6.07) is 0. The minimum atomic E-state index is 0.910. The molecule has 0 rings (SSSR count). The lowest BCUT2D eigenvalue weighted by Crippen LogP contribution is -2.11. The van der Waals surface area contributed by atoms with Gasteiger partial charge in [-0.1, -0.05) is 65.2 Å². The molecule has 1 heteroatoms. The van der Waals surface area contributed by atoms with Crippen LogP contribution in [0.1, 0.15) is 71.6 Å². The van der Waals surface area contributed by atoms with Gasteiger partial charge in [0.2, 0.25) is 0 Å². The molecule has 0 aliphatic carbocycles. The molecule has 0 bridgehead atoms. The Morgan fingerprint density at radius 2 is 1.47 bits per heavy atom. The Bertz CT molecular complexity index is 112. The fourth-order valence-electron chi connectivity index (χ4n) is 1.98. The Labute approximate surface area is 97.0 Å². The maximum absolute atomic E-state index is 3.22. The highest BCUT2D eigenvalue weighted by atomic mass is 14.8. The summed E-state index contributed by atoms with van der Waals surface area (Å²) in [5.74, 6) is 0.910. The van der Waals surface area contributed by atoms with Crippen molar-refractivity contribution in [2.24, 2.45) is 5.92 Å². The van der Waals surface area contributed by atoms with Crippen molar-refractivity contribution in [3.05, 3.63) is 0 Å². The second-order valence-corrected chi connectivity index (χ2v) is 4.91. The fourth-order valence-corrected chi connectivity index (χ4v) is 1.98. The molecule has 0 aromatic heterocycles. The molecule has 1 nitrogen and oxygen atoms in total. The van der Waals surface area contributed by atoms with E-state index >= 15 is 0 Å². The molecule has 0 heterocycles. The molecule has 0 aromatic rings. The van der Waals surface area contributed by atoms with Gasteiger partial charge in [0, 0.05) is 0 Å². The average Bonchev–Trinajstić information content (AvgIpc) is 2.25. The van der Waals surface area contributed by atoms with Crippen molar-refractivity contribution in [2.45, 2.75) is 71.6 Å². The second-order valence-electron chi connectivity index (χ2n) is 4.91. The lowest BCUT2D eigenvalue weighted by Gasteiger charge is -2.10. The molecule has 0 aliphatic heterocycles. The maximum Gasteiger partial charge on any atom is -0.00494 e. The standard InChI is InChI=1S/C14H31N/c1-4-5-6-7-8-9-10-11-14(2)12-13-15-3/h14-15H,4-13H2,1-3H3. The summed E-state index contributed by atoms with van der Waals surface area (Å²) in [5, 5.41) is 3.22. The topological polar surface area (TPSA) is 12.0 Å². The summed E-state index contributed by atoms with van der Waals surface area (Å²) >= 11 is 0. The van der Waals surface area contributed by atoms with E-state index in [1.165, 1.54) is 64.3 Å². The summed E-state index contributed by atoms with van der Waals surface area (Å²) in [5.41, 5.74) is 0. The minimum absolute atomic E-state index is 0.910. The van der Waals surface area contributed by atoms with Gasteiger partial charge in [0.25, 0.3) is 0 Å². The fraction of sp³-hybridized carbons (Fsp3) is 1.00. The largest absolute Gasteiger partial charge is 0.320 e. The van der Waals surface area contributed by atoms with Crippen LogP contribution in [0.15, 0.2) is 0 Å². The van der Waals surface area contributed by atoms with Gasteiger partial charge in [-0.3, -0.25) is 0 Å². The van der Waals surface area contributed by atoms with E-state index in [4.69, 9.17) is 0 Å². The van der Waals surface area contributed by atoms with Gasteiger partial charge in [0.1, 0.15) is 0 Å². The zero-order valence-electron chi connectivity index (χ0n) is 11.1. The molecule has 0 amide bonds. The van der Waals surface area contributed by atoms with Crippen molar-refractivity contribution < 1.29 is 0 Å². The molecular formula is C14H31N. The Kier molecular flexibility index (Phi) is 12.0. The Morgan fingerprint density at radius 1 is 0.867 bits per heavy atom. The molecule has 0 saturated heterocycles. The predicted octanol–water partition coefficient (Wildman–Crippen LogP) is 4.37. The van der Waals surface area contributed by atoms with Crippen LogP contribution in [0, 0.1) is 5.92 Å². The predicted molar refractivity (Wildman–Crippen MR) is 70.3 cm³/mol. The molecule has 0 radical (unpaired) electrons. The lowest BCUT2D eigenvalue weighted by molar-refractivity contribution is 0.449. The van der Waals surface area contributed by atoms with E-state index in [0.29, 0.717) is 0 Å². The summed E-state index contributed by atoms with van der Waals surface area (Å²) < 4.78 is 0. The molecule has 0 fully saturated rings. The highest BCUT2D eigenvalue weighted by Crippen LogP contribution is 2.14. The average molecular weight is 213 g/mol. The molecule has 0 aromatic carbocycles. The first-order chi connectivity index (χ1) is 7.31. The van der Waals surface area contributed by atoms with Gasteiger partial charge in [-0.05, 0) is 25.9 Å².